The van der Waals surface area contributed by atoms with Gasteiger partial charge in [-0.25, -0.2) is 0 Å². The average molecular weight is 132 g/mol. The Labute approximate surface area is 52.9 Å². The summed E-state index contributed by atoms with van der Waals surface area (Å²) in [6, 6.07) is 0. The van der Waals surface area contributed by atoms with Gasteiger partial charge in [0.15, 0.2) is 0 Å². The quantitative estimate of drug-likeness (QED) is 0.509. The summed E-state index contributed by atoms with van der Waals surface area (Å²) < 4.78 is 12.2. The molecule has 0 fully saturated rings. The van der Waals surface area contributed by atoms with E-state index in [1.54, 1.807) is 0 Å². The zero-order valence-electron chi connectivity index (χ0n) is 5.36. The Kier molecular flexibility index (Phi) is 3.43. The zero-order valence-corrected chi connectivity index (χ0v) is 5.36. The van der Waals surface area contributed by atoms with Crippen LogP contribution in [-0.4, -0.2) is 20.0 Å². The molecule has 0 unspecified atom stereocenters. The number of hydrogen-bond donors (Lipinski definition) is 2. The number of nitrogens with one attached hydrogen (secondary N) is 2. The SMILES string of the molecule is CN/C=C(/F)C(=O)NC. The molecule has 0 radical (unpaired) electrons. The molecule has 0 aliphatic heterocycles. The monoisotopic (exact) mass is 132 g/mol. The maximum absolute atomic E-state index is 12.2. The Balaban J connectivity index is 3.86. The smallest absolute Gasteiger partial charge is 0.281 e. The van der Waals surface area contributed by atoms with Gasteiger partial charge < -0.3 is 10.6 Å². The van der Waals surface area contributed by atoms with Crippen molar-refractivity contribution >= 4 is 5.91 Å². The van der Waals surface area contributed by atoms with Crippen molar-refractivity contribution in [3.63, 3.8) is 0 Å². The van der Waals surface area contributed by atoms with Crippen LogP contribution in [-0.2, 0) is 4.79 Å². The highest BCUT2D eigenvalue weighted by atomic mass is 19.1. The largest absolute Gasteiger partial charge is 0.391 e. The molecule has 0 rings (SSSR count). The van der Waals surface area contributed by atoms with Crippen LogP contribution in [0.2, 0.25) is 0 Å². The first-order valence-corrected chi connectivity index (χ1v) is 2.47. The van der Waals surface area contributed by atoms with Crippen molar-refractivity contribution in [1.29, 1.82) is 0 Å². The first-order chi connectivity index (χ1) is 4.22. The second-order valence-electron chi connectivity index (χ2n) is 1.36. The minimum atomic E-state index is -0.819. The molecule has 0 aliphatic rings. The van der Waals surface area contributed by atoms with Crippen LogP contribution >= 0.6 is 0 Å². The number of amides is 1. The van der Waals surface area contributed by atoms with Crippen LogP contribution in [0.3, 0.4) is 0 Å². The summed E-state index contributed by atoms with van der Waals surface area (Å²) in [5.41, 5.74) is 0. The number of carbonyl (C=O) groups excluding carboxylic acids is 1. The number of halogens is 1. The highest BCUT2D eigenvalue weighted by Gasteiger charge is 2.02. The van der Waals surface area contributed by atoms with Crippen LogP contribution in [0.25, 0.3) is 0 Å². The Morgan fingerprint density at radius 2 is 2.11 bits per heavy atom. The van der Waals surface area contributed by atoms with Crippen LogP contribution in [0.1, 0.15) is 0 Å². The summed E-state index contributed by atoms with van der Waals surface area (Å²) in [7, 11) is 2.88. The molecule has 0 atom stereocenters. The molecule has 52 valence electrons. The van der Waals surface area contributed by atoms with Crippen molar-refractivity contribution in [2.24, 2.45) is 0 Å². The van der Waals surface area contributed by atoms with E-state index in [0.29, 0.717) is 0 Å². The van der Waals surface area contributed by atoms with Crippen LogP contribution < -0.4 is 10.6 Å². The van der Waals surface area contributed by atoms with Crippen molar-refractivity contribution < 1.29 is 9.18 Å². The third kappa shape index (κ3) is 2.69. The van der Waals surface area contributed by atoms with E-state index >= 15 is 0 Å². The number of hydrogen-bond acceptors (Lipinski definition) is 2. The summed E-state index contributed by atoms with van der Waals surface area (Å²) in [5.74, 6) is -1.54. The molecular formula is C5H9FN2O. The van der Waals surface area contributed by atoms with E-state index in [4.69, 9.17) is 0 Å². The average Bonchev–Trinajstić information content (AvgIpc) is 1.87. The van der Waals surface area contributed by atoms with E-state index in [1.165, 1.54) is 14.1 Å². The summed E-state index contributed by atoms with van der Waals surface area (Å²) in [4.78, 5) is 10.3. The summed E-state index contributed by atoms with van der Waals surface area (Å²) in [5, 5.41) is 4.51. The summed E-state index contributed by atoms with van der Waals surface area (Å²) >= 11 is 0. The molecule has 0 saturated heterocycles. The van der Waals surface area contributed by atoms with Gasteiger partial charge in [0.2, 0.25) is 5.83 Å². The van der Waals surface area contributed by atoms with Gasteiger partial charge in [-0.2, -0.15) is 4.39 Å². The maximum atomic E-state index is 12.2. The lowest BCUT2D eigenvalue weighted by Gasteiger charge is -1.93. The van der Waals surface area contributed by atoms with Gasteiger partial charge in [-0.1, -0.05) is 0 Å². The maximum Gasteiger partial charge on any atom is 0.281 e. The molecular weight excluding hydrogens is 123 g/mol. The normalized spacial score (nSPS) is 10.8. The fourth-order valence-corrected chi connectivity index (χ4v) is 0.312. The molecule has 9 heavy (non-hydrogen) atoms. The zero-order chi connectivity index (χ0) is 7.28. The Hall–Kier alpha value is -1.06. The van der Waals surface area contributed by atoms with E-state index in [9.17, 15) is 9.18 Å². The number of rotatable bonds is 2. The Morgan fingerprint density at radius 1 is 1.56 bits per heavy atom. The van der Waals surface area contributed by atoms with Crippen molar-refractivity contribution in [1.82, 2.24) is 10.6 Å². The molecule has 3 nitrogen and oxygen atoms in total. The third-order valence-electron chi connectivity index (χ3n) is 0.715. The number of likely N-dealkylation sites (N-methyl/N-ethyl adjacent to an activating group) is 1. The fourth-order valence-electron chi connectivity index (χ4n) is 0.312. The Bertz CT molecular complexity index is 133. The van der Waals surface area contributed by atoms with Gasteiger partial charge in [-0.3, -0.25) is 4.79 Å². The summed E-state index contributed by atoms with van der Waals surface area (Å²) in [6.45, 7) is 0. The number of carbonyl (C=O) groups is 1. The molecule has 2 N–H and O–H groups in total. The van der Waals surface area contributed by atoms with Gasteiger partial charge in [0.05, 0.1) is 0 Å². The standard InChI is InChI=1S/C5H9FN2O/c1-7-3-4(6)5(9)8-2/h3,7H,1-2H3,(H,8,9)/b4-3+. The molecule has 0 heterocycles. The first kappa shape index (κ1) is 7.94. The Morgan fingerprint density at radius 3 is 2.44 bits per heavy atom. The topological polar surface area (TPSA) is 41.1 Å². The van der Waals surface area contributed by atoms with Crippen molar-refractivity contribution in [2.45, 2.75) is 0 Å². The van der Waals surface area contributed by atoms with Crippen LogP contribution in [0.5, 0.6) is 0 Å². The van der Waals surface area contributed by atoms with Crippen LogP contribution in [0.15, 0.2) is 12.0 Å². The lowest BCUT2D eigenvalue weighted by Crippen LogP contribution is -2.19. The van der Waals surface area contributed by atoms with Crippen molar-refractivity contribution in [3.05, 3.63) is 12.0 Å². The molecule has 1 amide bonds. The summed E-state index contributed by atoms with van der Waals surface area (Å²) in [6.07, 6.45) is 0.985. The lowest BCUT2D eigenvalue weighted by molar-refractivity contribution is -0.118. The van der Waals surface area contributed by atoms with Crippen LogP contribution in [0, 0.1) is 0 Å². The minimum Gasteiger partial charge on any atom is -0.391 e. The van der Waals surface area contributed by atoms with Gasteiger partial charge in [-0.15, -0.1) is 0 Å². The second-order valence-corrected chi connectivity index (χ2v) is 1.36. The van der Waals surface area contributed by atoms with E-state index in [-0.39, 0.29) is 0 Å². The molecule has 4 heteroatoms. The van der Waals surface area contributed by atoms with E-state index in [1.807, 2.05) is 0 Å². The predicted octanol–water partition coefficient (Wildman–Crippen LogP) is -0.237. The first-order valence-electron chi connectivity index (χ1n) is 2.47. The van der Waals surface area contributed by atoms with Gasteiger partial charge in [0.1, 0.15) is 0 Å². The minimum absolute atomic E-state index is 0.718. The van der Waals surface area contributed by atoms with E-state index in [0.717, 1.165) is 6.20 Å². The lowest BCUT2D eigenvalue weighted by atomic mass is 10.5. The molecule has 0 spiro atoms. The molecule has 0 aliphatic carbocycles. The highest BCUT2D eigenvalue weighted by Crippen LogP contribution is 1.91. The van der Waals surface area contributed by atoms with Gasteiger partial charge in [0, 0.05) is 20.3 Å². The van der Waals surface area contributed by atoms with Crippen molar-refractivity contribution in [3.8, 4) is 0 Å². The van der Waals surface area contributed by atoms with Gasteiger partial charge in [0.25, 0.3) is 5.91 Å². The third-order valence-corrected chi connectivity index (χ3v) is 0.715. The second kappa shape index (κ2) is 3.88. The fraction of sp³-hybridized carbons (Fsp3) is 0.400. The molecule has 0 saturated carbocycles. The van der Waals surface area contributed by atoms with Crippen molar-refractivity contribution in [2.75, 3.05) is 14.1 Å². The van der Waals surface area contributed by atoms with Gasteiger partial charge in [-0.05, 0) is 0 Å². The molecule has 0 aromatic carbocycles. The van der Waals surface area contributed by atoms with Crippen LogP contribution in [0.4, 0.5) is 4.39 Å². The predicted molar refractivity (Wildman–Crippen MR) is 32.3 cm³/mol. The van der Waals surface area contributed by atoms with Gasteiger partial charge >= 0.3 is 0 Å². The molecule has 0 aromatic heterocycles. The highest BCUT2D eigenvalue weighted by molar-refractivity contribution is 5.90. The molecule has 0 aromatic rings. The molecule has 0 bridgehead atoms. The van der Waals surface area contributed by atoms with E-state index in [2.05, 4.69) is 10.6 Å². The van der Waals surface area contributed by atoms with E-state index < -0.39 is 11.7 Å².